The molecule has 0 radical (unpaired) electrons. The van der Waals surface area contributed by atoms with Gasteiger partial charge in [-0.3, -0.25) is 10.1 Å². The summed E-state index contributed by atoms with van der Waals surface area (Å²) in [4.78, 5) is 14.5. The van der Waals surface area contributed by atoms with Gasteiger partial charge in [0.15, 0.2) is 0 Å². The molecule has 1 aromatic heterocycles. The first-order valence-corrected chi connectivity index (χ1v) is 6.33. The Hall–Kier alpha value is -1.95. The minimum atomic E-state index is -1.51. The van der Waals surface area contributed by atoms with Crippen LogP contribution in [0, 0.1) is 10.1 Å². The van der Waals surface area contributed by atoms with Crippen LogP contribution in [0.15, 0.2) is 24.3 Å². The lowest BCUT2D eigenvalue weighted by molar-refractivity contribution is -0.384. The molecule has 1 aromatic carbocycles. The lowest BCUT2D eigenvalue weighted by Gasteiger charge is -2.17. The van der Waals surface area contributed by atoms with Crippen molar-refractivity contribution in [1.82, 2.24) is 4.98 Å². The number of hydrogen-bond acceptors (Lipinski definition) is 4. The molecule has 20 heavy (non-hydrogen) atoms. The number of anilines is 1. The Morgan fingerprint density at radius 2 is 2.10 bits per heavy atom. The van der Waals surface area contributed by atoms with Gasteiger partial charge in [-0.25, -0.2) is 9.37 Å². The third kappa shape index (κ3) is 2.96. The van der Waals surface area contributed by atoms with Gasteiger partial charge >= 0.3 is 5.69 Å². The number of hydrogen-bond donors (Lipinski definition) is 1. The Morgan fingerprint density at radius 1 is 1.45 bits per heavy atom. The highest BCUT2D eigenvalue weighted by molar-refractivity contribution is 6.33. The molecule has 0 aliphatic heterocycles. The van der Waals surface area contributed by atoms with Crippen LogP contribution in [0.4, 0.5) is 15.8 Å². The fourth-order valence-electron chi connectivity index (χ4n) is 1.82. The zero-order chi connectivity index (χ0) is 14.9. The van der Waals surface area contributed by atoms with Crippen LogP contribution in [0.2, 0.25) is 5.15 Å². The van der Waals surface area contributed by atoms with Crippen molar-refractivity contribution in [2.75, 3.05) is 11.9 Å². The van der Waals surface area contributed by atoms with Crippen molar-refractivity contribution in [2.24, 2.45) is 0 Å². The largest absolute Gasteiger partial charge is 0.376 e. The molecular formula is C13H13ClFN3O2. The van der Waals surface area contributed by atoms with Crippen molar-refractivity contribution in [2.45, 2.75) is 19.5 Å². The van der Waals surface area contributed by atoms with Crippen LogP contribution >= 0.6 is 11.6 Å². The fourth-order valence-corrected chi connectivity index (χ4v) is 2.07. The fraction of sp³-hybridized carbons (Fsp3) is 0.308. The predicted molar refractivity (Wildman–Crippen MR) is 77.1 cm³/mol. The minimum Gasteiger partial charge on any atom is -0.376 e. The maximum absolute atomic E-state index is 13.6. The zero-order valence-corrected chi connectivity index (χ0v) is 11.7. The maximum Gasteiger partial charge on any atom is 0.329 e. The monoisotopic (exact) mass is 297 g/mol. The first-order valence-electron chi connectivity index (χ1n) is 5.95. The number of nitro groups is 1. The number of nitrogens with one attached hydrogen (secondary N) is 1. The Kier molecular flexibility index (Phi) is 3.76. The summed E-state index contributed by atoms with van der Waals surface area (Å²) in [7, 11) is 0. The third-order valence-corrected chi connectivity index (χ3v) is 2.96. The number of pyridine rings is 1. The third-order valence-electron chi connectivity index (χ3n) is 2.69. The molecule has 2 rings (SSSR count). The summed E-state index contributed by atoms with van der Waals surface area (Å²) < 4.78 is 13.6. The normalized spacial score (nSPS) is 11.6. The van der Waals surface area contributed by atoms with Crippen LogP contribution in [0.1, 0.15) is 13.8 Å². The number of halogens is 2. The van der Waals surface area contributed by atoms with Gasteiger partial charge in [0.25, 0.3) is 0 Å². The number of para-hydroxylation sites is 1. The molecule has 0 unspecified atom stereocenters. The van der Waals surface area contributed by atoms with E-state index in [1.165, 1.54) is 13.8 Å². The second-order valence-corrected chi connectivity index (χ2v) is 5.33. The molecule has 5 nitrogen and oxygen atoms in total. The molecule has 0 atom stereocenters. The highest BCUT2D eigenvalue weighted by atomic mass is 35.5. The lowest BCUT2D eigenvalue weighted by atomic mass is 10.1. The number of fused-ring (bicyclic) bond motifs is 1. The van der Waals surface area contributed by atoms with Gasteiger partial charge in [-0.05, 0) is 19.9 Å². The molecule has 0 saturated carbocycles. The Labute approximate surface area is 119 Å². The minimum absolute atomic E-state index is 0.0713. The molecule has 106 valence electrons. The van der Waals surface area contributed by atoms with E-state index in [9.17, 15) is 14.5 Å². The van der Waals surface area contributed by atoms with Crippen molar-refractivity contribution in [1.29, 1.82) is 0 Å². The summed E-state index contributed by atoms with van der Waals surface area (Å²) >= 11 is 5.87. The van der Waals surface area contributed by atoms with E-state index in [0.29, 0.717) is 10.9 Å². The van der Waals surface area contributed by atoms with Crippen molar-refractivity contribution in [3.63, 3.8) is 0 Å². The Bertz CT molecular complexity index is 670. The van der Waals surface area contributed by atoms with Crippen LogP contribution in [0.25, 0.3) is 10.9 Å². The van der Waals surface area contributed by atoms with E-state index in [1.54, 1.807) is 24.3 Å². The molecule has 0 aliphatic carbocycles. The second kappa shape index (κ2) is 5.20. The van der Waals surface area contributed by atoms with E-state index in [0.717, 1.165) is 0 Å². The first-order chi connectivity index (χ1) is 9.29. The molecule has 1 heterocycles. The van der Waals surface area contributed by atoms with E-state index >= 15 is 0 Å². The summed E-state index contributed by atoms with van der Waals surface area (Å²) in [5.74, 6) is 0. The topological polar surface area (TPSA) is 68.1 Å². The number of rotatable bonds is 4. The summed E-state index contributed by atoms with van der Waals surface area (Å²) in [6, 6.07) is 6.85. The van der Waals surface area contributed by atoms with E-state index < -0.39 is 10.6 Å². The molecule has 7 heteroatoms. The predicted octanol–water partition coefficient (Wildman–Crippen LogP) is 3.96. The Morgan fingerprint density at radius 3 is 2.70 bits per heavy atom. The number of nitrogens with zero attached hydrogens (tertiary/aromatic N) is 2. The molecular weight excluding hydrogens is 285 g/mol. The molecule has 2 aromatic rings. The van der Waals surface area contributed by atoms with E-state index in [2.05, 4.69) is 10.3 Å². The summed E-state index contributed by atoms with van der Waals surface area (Å²) in [6.45, 7) is 2.70. The summed E-state index contributed by atoms with van der Waals surface area (Å²) in [5, 5.41) is 14.3. The van der Waals surface area contributed by atoms with Gasteiger partial charge < -0.3 is 5.32 Å². The number of benzene rings is 1. The van der Waals surface area contributed by atoms with E-state index in [-0.39, 0.29) is 23.1 Å². The van der Waals surface area contributed by atoms with Gasteiger partial charge in [-0.15, -0.1) is 0 Å². The molecule has 0 fully saturated rings. The maximum atomic E-state index is 13.6. The van der Waals surface area contributed by atoms with E-state index in [1.807, 2.05) is 0 Å². The van der Waals surface area contributed by atoms with Crippen LogP contribution in [-0.2, 0) is 0 Å². The average Bonchev–Trinajstić information content (AvgIpc) is 2.33. The number of aromatic nitrogens is 1. The smallest absolute Gasteiger partial charge is 0.329 e. The van der Waals surface area contributed by atoms with Gasteiger partial charge in [0.05, 0.1) is 10.4 Å². The second-order valence-electron chi connectivity index (χ2n) is 4.97. The molecule has 0 spiro atoms. The molecule has 0 bridgehead atoms. The van der Waals surface area contributed by atoms with Crippen LogP contribution in [-0.4, -0.2) is 22.1 Å². The van der Waals surface area contributed by atoms with Crippen LogP contribution in [0.3, 0.4) is 0 Å². The zero-order valence-electron chi connectivity index (χ0n) is 11.0. The van der Waals surface area contributed by atoms with Gasteiger partial charge in [-0.1, -0.05) is 29.8 Å². The lowest BCUT2D eigenvalue weighted by Crippen LogP contribution is -2.25. The summed E-state index contributed by atoms with van der Waals surface area (Å²) in [5.41, 5.74) is -1.14. The SMILES string of the molecule is CC(C)(F)CNc1c([N+](=O)[O-])c(Cl)nc2ccccc12. The van der Waals surface area contributed by atoms with E-state index in [4.69, 9.17) is 11.6 Å². The number of alkyl halides is 1. The van der Waals surface area contributed by atoms with Crippen molar-refractivity contribution >= 4 is 33.9 Å². The summed E-state index contributed by atoms with van der Waals surface area (Å²) in [6.07, 6.45) is 0. The van der Waals surface area contributed by atoms with Gasteiger partial charge in [0.2, 0.25) is 5.15 Å². The standard InChI is InChI=1S/C13H13ClFN3O2/c1-13(2,15)7-16-10-8-5-3-4-6-9(8)17-12(14)11(10)18(19)20/h3-6H,7H2,1-2H3,(H,16,17). The van der Waals surface area contributed by atoms with Crippen LogP contribution in [0.5, 0.6) is 0 Å². The quantitative estimate of drug-likeness (QED) is 0.527. The first kappa shape index (κ1) is 14.5. The highest BCUT2D eigenvalue weighted by Crippen LogP contribution is 2.37. The van der Waals surface area contributed by atoms with Crippen LogP contribution < -0.4 is 5.32 Å². The van der Waals surface area contributed by atoms with Gasteiger partial charge in [0.1, 0.15) is 11.4 Å². The van der Waals surface area contributed by atoms with Crippen molar-refractivity contribution in [3.8, 4) is 0 Å². The molecule has 0 aliphatic rings. The molecule has 1 N–H and O–H groups in total. The van der Waals surface area contributed by atoms with Crippen molar-refractivity contribution in [3.05, 3.63) is 39.5 Å². The molecule has 0 saturated heterocycles. The highest BCUT2D eigenvalue weighted by Gasteiger charge is 2.25. The van der Waals surface area contributed by atoms with Gasteiger partial charge in [0, 0.05) is 11.9 Å². The van der Waals surface area contributed by atoms with Gasteiger partial charge in [-0.2, -0.15) is 0 Å². The molecule has 0 amide bonds. The average molecular weight is 298 g/mol. The van der Waals surface area contributed by atoms with Crippen molar-refractivity contribution < 1.29 is 9.31 Å². The Balaban J connectivity index is 2.63.